The van der Waals surface area contributed by atoms with Gasteiger partial charge in [0.2, 0.25) is 0 Å². The lowest BCUT2D eigenvalue weighted by atomic mass is 10.1. The Bertz CT molecular complexity index is 563. The molecule has 0 amide bonds. The second kappa shape index (κ2) is 5.96. The lowest BCUT2D eigenvalue weighted by molar-refractivity contribution is 0.564. The molecule has 1 heterocycles. The number of nitrogens with one attached hydrogen (secondary N) is 1. The topological polar surface area (TPSA) is 35.8 Å². The van der Waals surface area contributed by atoms with Crippen molar-refractivity contribution in [1.82, 2.24) is 5.32 Å². The molecule has 0 bridgehead atoms. The summed E-state index contributed by atoms with van der Waals surface area (Å²) in [7, 11) is 0. The Morgan fingerprint density at radius 2 is 2.28 bits per heavy atom. The first-order valence-corrected chi connectivity index (χ1v) is 6.57. The van der Waals surface area contributed by atoms with Gasteiger partial charge in [0.1, 0.15) is 11.9 Å². The molecule has 1 atom stereocenters. The highest BCUT2D eigenvalue weighted by Gasteiger charge is 2.15. The van der Waals surface area contributed by atoms with E-state index in [1.165, 1.54) is 12.1 Å². The van der Waals surface area contributed by atoms with E-state index in [9.17, 15) is 4.39 Å². The van der Waals surface area contributed by atoms with Crippen molar-refractivity contribution >= 4 is 22.9 Å². The highest BCUT2D eigenvalue weighted by molar-refractivity contribution is 7.09. The van der Waals surface area contributed by atoms with Gasteiger partial charge in [-0.05, 0) is 23.6 Å². The molecule has 2 aromatic rings. The van der Waals surface area contributed by atoms with Gasteiger partial charge in [-0.25, -0.2) is 4.39 Å². The van der Waals surface area contributed by atoms with Crippen LogP contribution in [0.25, 0.3) is 0 Å². The SMILES string of the molecule is N#CC(NCc1cccs1)c1ccc(Cl)cc1F. The minimum atomic E-state index is -0.677. The Morgan fingerprint density at radius 1 is 1.44 bits per heavy atom. The standard InChI is InChI=1S/C13H10ClFN2S/c14-9-3-4-11(12(15)6-9)13(7-16)17-8-10-2-1-5-18-10/h1-6,13,17H,8H2. The molecule has 0 aliphatic carbocycles. The molecule has 18 heavy (non-hydrogen) atoms. The molecule has 0 fully saturated rings. The van der Waals surface area contributed by atoms with Crippen molar-refractivity contribution in [1.29, 1.82) is 5.26 Å². The first-order chi connectivity index (χ1) is 8.70. The van der Waals surface area contributed by atoms with Crippen LogP contribution >= 0.6 is 22.9 Å². The summed E-state index contributed by atoms with van der Waals surface area (Å²) in [4.78, 5) is 1.10. The van der Waals surface area contributed by atoms with Crippen LogP contribution < -0.4 is 5.32 Å². The molecule has 2 nitrogen and oxygen atoms in total. The van der Waals surface area contributed by atoms with Crippen LogP contribution in [0, 0.1) is 17.1 Å². The number of thiophene rings is 1. The molecule has 1 unspecified atom stereocenters. The highest BCUT2D eigenvalue weighted by Crippen LogP contribution is 2.21. The van der Waals surface area contributed by atoms with E-state index in [1.807, 2.05) is 17.5 Å². The first kappa shape index (κ1) is 13.0. The van der Waals surface area contributed by atoms with Gasteiger partial charge in [0, 0.05) is 22.0 Å². The summed E-state index contributed by atoms with van der Waals surface area (Å²) in [6.45, 7) is 0.540. The summed E-state index contributed by atoms with van der Waals surface area (Å²) < 4.78 is 13.7. The third-order valence-corrected chi connectivity index (χ3v) is 3.57. The highest BCUT2D eigenvalue weighted by atomic mass is 35.5. The zero-order chi connectivity index (χ0) is 13.0. The number of hydrogen-bond acceptors (Lipinski definition) is 3. The number of rotatable bonds is 4. The number of benzene rings is 1. The van der Waals surface area contributed by atoms with Crippen molar-refractivity contribution in [2.45, 2.75) is 12.6 Å². The smallest absolute Gasteiger partial charge is 0.130 e. The third-order valence-electron chi connectivity index (χ3n) is 2.46. The molecule has 0 spiro atoms. The monoisotopic (exact) mass is 280 g/mol. The predicted octanol–water partition coefficient (Wildman–Crippen LogP) is 3.90. The van der Waals surface area contributed by atoms with Crippen molar-refractivity contribution in [2.24, 2.45) is 0 Å². The Labute approximate surface area is 114 Å². The summed E-state index contributed by atoms with van der Waals surface area (Å²) in [6, 6.07) is 9.61. The predicted molar refractivity (Wildman–Crippen MR) is 70.9 cm³/mol. The molecule has 1 aromatic heterocycles. The summed E-state index contributed by atoms with van der Waals surface area (Å²) in [5.41, 5.74) is 0.318. The van der Waals surface area contributed by atoms with Crippen LogP contribution in [0.15, 0.2) is 35.7 Å². The van der Waals surface area contributed by atoms with Gasteiger partial charge in [0.25, 0.3) is 0 Å². The number of hydrogen-bond donors (Lipinski definition) is 1. The number of halogens is 2. The average molecular weight is 281 g/mol. The largest absolute Gasteiger partial charge is 0.293 e. The quantitative estimate of drug-likeness (QED) is 0.922. The summed E-state index contributed by atoms with van der Waals surface area (Å²) in [6.07, 6.45) is 0. The van der Waals surface area contributed by atoms with Crippen LogP contribution in [0.4, 0.5) is 4.39 Å². The van der Waals surface area contributed by atoms with Gasteiger partial charge in [-0.2, -0.15) is 5.26 Å². The van der Waals surface area contributed by atoms with Crippen LogP contribution in [0.3, 0.4) is 0 Å². The van der Waals surface area contributed by atoms with Crippen LogP contribution in [-0.4, -0.2) is 0 Å². The van der Waals surface area contributed by atoms with E-state index in [2.05, 4.69) is 11.4 Å². The third kappa shape index (κ3) is 3.08. The first-order valence-electron chi connectivity index (χ1n) is 5.31. The normalized spacial score (nSPS) is 12.1. The Hall–Kier alpha value is -1.41. The van der Waals surface area contributed by atoms with Gasteiger partial charge in [-0.1, -0.05) is 23.7 Å². The second-order valence-electron chi connectivity index (χ2n) is 3.69. The molecule has 0 saturated heterocycles. The van der Waals surface area contributed by atoms with Crippen molar-refractivity contribution in [3.8, 4) is 6.07 Å². The molecular formula is C13H10ClFN2S. The maximum Gasteiger partial charge on any atom is 0.130 e. The maximum absolute atomic E-state index is 13.7. The van der Waals surface area contributed by atoms with Crippen LogP contribution in [0.1, 0.15) is 16.5 Å². The van der Waals surface area contributed by atoms with Crippen LogP contribution in [0.2, 0.25) is 5.02 Å². The van der Waals surface area contributed by atoms with Gasteiger partial charge in [0.15, 0.2) is 0 Å². The lowest BCUT2D eigenvalue weighted by Crippen LogP contribution is -2.20. The van der Waals surface area contributed by atoms with Gasteiger partial charge < -0.3 is 0 Å². The summed E-state index contributed by atoms with van der Waals surface area (Å²) in [5.74, 6) is -0.465. The van der Waals surface area contributed by atoms with Crippen LogP contribution in [-0.2, 0) is 6.54 Å². The van der Waals surface area contributed by atoms with Gasteiger partial charge >= 0.3 is 0 Å². The van der Waals surface area contributed by atoms with Crippen LogP contribution in [0.5, 0.6) is 0 Å². The zero-order valence-corrected chi connectivity index (χ0v) is 10.9. The fraction of sp³-hybridized carbons (Fsp3) is 0.154. The molecule has 0 saturated carbocycles. The van der Waals surface area contributed by atoms with Gasteiger partial charge in [0.05, 0.1) is 6.07 Å². The van der Waals surface area contributed by atoms with Crippen molar-refractivity contribution < 1.29 is 4.39 Å². The lowest BCUT2D eigenvalue weighted by Gasteiger charge is -2.12. The van der Waals surface area contributed by atoms with Gasteiger partial charge in [-0.15, -0.1) is 11.3 Å². The van der Waals surface area contributed by atoms with E-state index in [4.69, 9.17) is 16.9 Å². The maximum atomic E-state index is 13.7. The van der Waals surface area contributed by atoms with E-state index in [-0.39, 0.29) is 0 Å². The molecular weight excluding hydrogens is 271 g/mol. The minimum absolute atomic E-state index is 0.318. The second-order valence-corrected chi connectivity index (χ2v) is 5.16. The van der Waals surface area contributed by atoms with E-state index >= 15 is 0 Å². The number of nitrogens with zero attached hydrogens (tertiary/aromatic N) is 1. The average Bonchev–Trinajstić information content (AvgIpc) is 2.85. The molecule has 0 aliphatic rings. The summed E-state index contributed by atoms with van der Waals surface area (Å²) in [5, 5.41) is 14.4. The molecule has 0 radical (unpaired) electrons. The molecule has 1 N–H and O–H groups in total. The minimum Gasteiger partial charge on any atom is -0.293 e. The number of nitriles is 1. The molecule has 92 valence electrons. The van der Waals surface area contributed by atoms with Gasteiger partial charge in [-0.3, -0.25) is 5.32 Å². The van der Waals surface area contributed by atoms with E-state index in [0.717, 1.165) is 4.88 Å². The van der Waals surface area contributed by atoms with E-state index in [0.29, 0.717) is 17.1 Å². The van der Waals surface area contributed by atoms with Crippen molar-refractivity contribution in [3.05, 3.63) is 57.0 Å². The van der Waals surface area contributed by atoms with E-state index < -0.39 is 11.9 Å². The molecule has 1 aromatic carbocycles. The molecule has 5 heteroatoms. The molecule has 0 aliphatic heterocycles. The Balaban J connectivity index is 2.11. The Kier molecular flexibility index (Phi) is 4.32. The van der Waals surface area contributed by atoms with Crippen molar-refractivity contribution in [3.63, 3.8) is 0 Å². The van der Waals surface area contributed by atoms with Crippen molar-refractivity contribution in [2.75, 3.05) is 0 Å². The fourth-order valence-corrected chi connectivity index (χ4v) is 2.39. The molecule has 2 rings (SSSR count). The fourth-order valence-electron chi connectivity index (χ4n) is 1.58. The summed E-state index contributed by atoms with van der Waals surface area (Å²) >= 11 is 7.27. The van der Waals surface area contributed by atoms with E-state index in [1.54, 1.807) is 17.4 Å². The zero-order valence-electron chi connectivity index (χ0n) is 9.36. The Morgan fingerprint density at radius 3 is 2.89 bits per heavy atom.